The van der Waals surface area contributed by atoms with Crippen LogP contribution in [0.4, 0.5) is 4.39 Å². The molecule has 0 unspecified atom stereocenters. The highest BCUT2D eigenvalue weighted by Crippen LogP contribution is 2.36. The zero-order valence-electron chi connectivity index (χ0n) is 19.0. The maximum atomic E-state index is 12.6. The Balaban J connectivity index is 1.59. The van der Waals surface area contributed by atoms with Crippen LogP contribution in [0.15, 0.2) is 48.7 Å². The van der Waals surface area contributed by atoms with E-state index in [1.54, 1.807) is 6.07 Å². The summed E-state index contributed by atoms with van der Waals surface area (Å²) in [6.07, 6.45) is -0.125. The van der Waals surface area contributed by atoms with E-state index < -0.39 is 18.9 Å². The first-order valence-corrected chi connectivity index (χ1v) is 11.7. The molecule has 184 valence electrons. The van der Waals surface area contributed by atoms with Gasteiger partial charge < -0.3 is 19.7 Å². The molecule has 1 aromatic heterocycles. The number of benzene rings is 2. The van der Waals surface area contributed by atoms with E-state index in [9.17, 15) is 14.6 Å². The maximum Gasteiger partial charge on any atom is 0.138 e. The normalized spacial score (nSPS) is 13.5. The highest BCUT2D eigenvalue weighted by atomic mass is 35.5. The molecule has 0 radical (unpaired) electrons. The molecule has 2 N–H and O–H groups in total. The molecule has 0 saturated heterocycles. The third kappa shape index (κ3) is 6.82. The molecular weight excluding hydrogens is 483 g/mol. The molecule has 7 nitrogen and oxygen atoms in total. The average Bonchev–Trinajstić information content (AvgIpc) is 3.29. The summed E-state index contributed by atoms with van der Waals surface area (Å²) in [5.74, 6) is 1.19. The van der Waals surface area contributed by atoms with Gasteiger partial charge in [-0.25, -0.2) is 9.07 Å². The number of hydrogen-bond acceptors (Lipinski definition) is 6. The first-order valence-electron chi connectivity index (χ1n) is 10.8. The molecule has 2 atom stereocenters. The molecule has 0 bridgehead atoms. The van der Waals surface area contributed by atoms with Crippen molar-refractivity contribution in [3.8, 4) is 11.5 Å². The Kier molecular flexibility index (Phi) is 9.13. The van der Waals surface area contributed by atoms with E-state index in [0.29, 0.717) is 16.5 Å². The van der Waals surface area contributed by atoms with Crippen molar-refractivity contribution in [1.82, 2.24) is 15.0 Å². The Morgan fingerprint density at radius 1 is 1.03 bits per heavy atom. The van der Waals surface area contributed by atoms with Crippen LogP contribution in [0.3, 0.4) is 0 Å². The lowest BCUT2D eigenvalue weighted by molar-refractivity contribution is 0.0888. The van der Waals surface area contributed by atoms with Gasteiger partial charge in [0.15, 0.2) is 0 Å². The Hall–Kier alpha value is -2.39. The molecule has 2 aromatic carbocycles. The van der Waals surface area contributed by atoms with Crippen LogP contribution < -0.4 is 9.47 Å². The minimum Gasteiger partial charge on any atom is -0.491 e. The molecular formula is C24H28Cl2FN3O4. The number of halogens is 3. The Bertz CT molecular complexity index is 1060. The van der Waals surface area contributed by atoms with Gasteiger partial charge in [0.1, 0.15) is 49.3 Å². The second kappa shape index (κ2) is 11.8. The number of nitrogens with zero attached hydrogens (tertiary/aromatic N) is 3. The number of hydrogen-bond donors (Lipinski definition) is 2. The van der Waals surface area contributed by atoms with Crippen molar-refractivity contribution in [2.24, 2.45) is 0 Å². The second-order valence-electron chi connectivity index (χ2n) is 8.44. The van der Waals surface area contributed by atoms with E-state index in [-0.39, 0.29) is 36.7 Å². The zero-order chi connectivity index (χ0) is 24.7. The monoisotopic (exact) mass is 510 g/mol. The van der Waals surface area contributed by atoms with Crippen molar-refractivity contribution >= 4 is 23.2 Å². The molecule has 3 rings (SSSR count). The van der Waals surface area contributed by atoms with Crippen molar-refractivity contribution in [3.05, 3.63) is 70.5 Å². The van der Waals surface area contributed by atoms with Crippen LogP contribution in [0, 0.1) is 0 Å². The predicted octanol–water partition coefficient (Wildman–Crippen LogP) is 4.15. The fraction of sp³-hybridized carbons (Fsp3) is 0.417. The largest absolute Gasteiger partial charge is 0.491 e. The first-order chi connectivity index (χ1) is 16.2. The minimum absolute atomic E-state index is 0.0586. The summed E-state index contributed by atoms with van der Waals surface area (Å²) >= 11 is 12.0. The molecule has 0 aliphatic rings. The van der Waals surface area contributed by atoms with Crippen LogP contribution in [0.2, 0.25) is 5.02 Å². The van der Waals surface area contributed by atoms with Crippen LogP contribution in [0.1, 0.15) is 30.7 Å². The molecule has 0 saturated carbocycles. The summed E-state index contributed by atoms with van der Waals surface area (Å²) < 4.78 is 25.2. The van der Waals surface area contributed by atoms with E-state index in [1.165, 1.54) is 10.9 Å². The molecule has 0 spiro atoms. The van der Waals surface area contributed by atoms with E-state index in [1.807, 2.05) is 36.4 Å². The van der Waals surface area contributed by atoms with Gasteiger partial charge in [-0.2, -0.15) is 0 Å². The van der Waals surface area contributed by atoms with E-state index >= 15 is 0 Å². The van der Waals surface area contributed by atoms with Gasteiger partial charge in [-0.3, -0.25) is 0 Å². The van der Waals surface area contributed by atoms with E-state index in [4.69, 9.17) is 32.7 Å². The fourth-order valence-electron chi connectivity index (χ4n) is 3.32. The smallest absolute Gasteiger partial charge is 0.138 e. The quantitative estimate of drug-likeness (QED) is 0.356. The van der Waals surface area contributed by atoms with Crippen molar-refractivity contribution < 1.29 is 24.1 Å². The summed E-state index contributed by atoms with van der Waals surface area (Å²) in [7, 11) is 0. The third-order valence-corrected chi connectivity index (χ3v) is 6.05. The van der Waals surface area contributed by atoms with Gasteiger partial charge >= 0.3 is 0 Å². The summed E-state index contributed by atoms with van der Waals surface area (Å²) in [5, 5.41) is 27.6. The molecule has 10 heteroatoms. The molecule has 1 heterocycles. The zero-order valence-corrected chi connectivity index (χ0v) is 20.5. The van der Waals surface area contributed by atoms with Gasteiger partial charge in [0, 0.05) is 5.41 Å². The molecule has 0 fully saturated rings. The van der Waals surface area contributed by atoms with Crippen LogP contribution in [-0.4, -0.2) is 56.5 Å². The SMILES string of the molecule is CC(C)(c1ccc(OC[C@@H](O)Cn2cc(C[18F])nn2)cc1)c1ccc(OC[C@@H](O)CCl)c(Cl)c1. The van der Waals surface area contributed by atoms with Crippen LogP contribution in [0.25, 0.3) is 0 Å². The highest BCUT2D eigenvalue weighted by Gasteiger charge is 2.24. The molecule has 3 aromatic rings. The summed E-state index contributed by atoms with van der Waals surface area (Å²) in [6.45, 7) is 3.75. The summed E-state index contributed by atoms with van der Waals surface area (Å²) in [5.41, 5.74) is 1.91. The lowest BCUT2D eigenvalue weighted by atomic mass is 9.78. The van der Waals surface area contributed by atoms with Gasteiger partial charge in [-0.15, -0.1) is 16.7 Å². The molecule has 34 heavy (non-hydrogen) atoms. The topological polar surface area (TPSA) is 89.6 Å². The number of ether oxygens (including phenoxy) is 2. The third-order valence-electron chi connectivity index (χ3n) is 5.40. The average molecular weight is 511 g/mol. The Morgan fingerprint density at radius 2 is 1.71 bits per heavy atom. The number of aromatic nitrogens is 3. The lowest BCUT2D eigenvalue weighted by Crippen LogP contribution is -2.24. The fourth-order valence-corrected chi connectivity index (χ4v) is 3.65. The van der Waals surface area contributed by atoms with Gasteiger partial charge in [0.2, 0.25) is 0 Å². The van der Waals surface area contributed by atoms with Gasteiger partial charge in [-0.05, 0) is 35.4 Å². The predicted molar refractivity (Wildman–Crippen MR) is 129 cm³/mol. The highest BCUT2D eigenvalue weighted by molar-refractivity contribution is 6.32. The van der Waals surface area contributed by atoms with Crippen molar-refractivity contribution in [1.29, 1.82) is 0 Å². The summed E-state index contributed by atoms with van der Waals surface area (Å²) in [4.78, 5) is 0. The molecule has 0 aliphatic heterocycles. The van der Waals surface area contributed by atoms with E-state index in [2.05, 4.69) is 24.2 Å². The second-order valence-corrected chi connectivity index (χ2v) is 9.16. The van der Waals surface area contributed by atoms with Crippen LogP contribution in [0.5, 0.6) is 11.5 Å². The number of aliphatic hydroxyl groups excluding tert-OH is 2. The van der Waals surface area contributed by atoms with Crippen molar-refractivity contribution in [2.75, 3.05) is 19.1 Å². The summed E-state index contributed by atoms with van der Waals surface area (Å²) in [6, 6.07) is 13.2. The van der Waals surface area contributed by atoms with Crippen molar-refractivity contribution in [3.63, 3.8) is 0 Å². The lowest BCUT2D eigenvalue weighted by Gasteiger charge is -2.27. The number of alkyl halides is 2. The Morgan fingerprint density at radius 3 is 2.32 bits per heavy atom. The van der Waals surface area contributed by atoms with Gasteiger partial charge in [-0.1, -0.05) is 48.9 Å². The molecule has 0 aliphatic carbocycles. The molecule has 0 amide bonds. The van der Waals surface area contributed by atoms with Gasteiger partial charge in [0.05, 0.1) is 23.6 Å². The first kappa shape index (κ1) is 26.2. The minimum atomic E-state index is -0.821. The Labute approximate surface area is 208 Å². The van der Waals surface area contributed by atoms with Crippen molar-refractivity contribution in [2.45, 2.75) is 44.7 Å². The van der Waals surface area contributed by atoms with Gasteiger partial charge in [0.25, 0.3) is 0 Å². The van der Waals surface area contributed by atoms with Crippen LogP contribution in [-0.2, 0) is 18.6 Å². The van der Waals surface area contributed by atoms with Crippen LogP contribution >= 0.6 is 23.2 Å². The number of rotatable bonds is 12. The van der Waals surface area contributed by atoms with E-state index in [0.717, 1.165) is 11.1 Å². The maximum absolute atomic E-state index is 12.6. The standard InChI is InChI=1S/C24H28Cl2FN3O4/c1-24(2,17-5-8-23(22(26)9-17)34-14-19(31)10-25)16-3-6-21(7-4-16)33-15-20(32)13-30-12-18(11-27)28-29-30/h3-9,12,19-20,31-32H,10-11,13-15H2,1-2H3/t19-,20-/m0/s1/i27-1. The number of aliphatic hydroxyl groups is 2.